The van der Waals surface area contributed by atoms with Gasteiger partial charge in [-0.2, -0.15) is 0 Å². The lowest BCUT2D eigenvalue weighted by molar-refractivity contribution is -0.157. The first-order valence-electron chi connectivity index (χ1n) is 9.13. The SMILES string of the molecule is C=C(C[C@H](NC(=O)OC(C)(C)C)C(=O)OC(C)(C)C)C(=O)Nc1ccc(F)cc1. The Morgan fingerprint density at radius 3 is 2.00 bits per heavy atom. The molecule has 0 aliphatic rings. The van der Waals surface area contributed by atoms with E-state index in [4.69, 9.17) is 9.47 Å². The van der Waals surface area contributed by atoms with Gasteiger partial charge in [-0.25, -0.2) is 14.0 Å². The molecule has 0 heterocycles. The fourth-order valence-corrected chi connectivity index (χ4v) is 2.11. The van der Waals surface area contributed by atoms with Gasteiger partial charge >= 0.3 is 12.1 Å². The standard InChI is InChI=1S/C21H29FN2O5/c1-13(17(25)23-15-10-8-14(22)9-11-15)12-16(18(26)28-20(2,3)4)24-19(27)29-21(5,6)7/h8-11,16H,1,12H2,2-7H3,(H,23,25)(H,24,27)/t16-/m0/s1. The zero-order valence-corrected chi connectivity index (χ0v) is 17.7. The van der Waals surface area contributed by atoms with E-state index in [2.05, 4.69) is 17.2 Å². The van der Waals surface area contributed by atoms with Gasteiger partial charge in [-0.3, -0.25) is 4.79 Å². The number of carbonyl (C=O) groups excluding carboxylic acids is 3. The summed E-state index contributed by atoms with van der Waals surface area (Å²) >= 11 is 0. The minimum absolute atomic E-state index is 0.0289. The number of nitrogens with one attached hydrogen (secondary N) is 2. The number of hydrogen-bond acceptors (Lipinski definition) is 5. The Bertz CT molecular complexity index is 761. The second kappa shape index (κ2) is 9.54. The number of esters is 1. The van der Waals surface area contributed by atoms with Crippen LogP contribution < -0.4 is 10.6 Å². The summed E-state index contributed by atoms with van der Waals surface area (Å²) in [6.07, 6.45) is -1.01. The number of rotatable bonds is 6. The predicted molar refractivity (Wildman–Crippen MR) is 108 cm³/mol. The Labute approximate surface area is 170 Å². The average Bonchev–Trinajstić information content (AvgIpc) is 2.52. The second-order valence-corrected chi connectivity index (χ2v) is 8.50. The Hall–Kier alpha value is -2.90. The smallest absolute Gasteiger partial charge is 0.408 e. The number of amides is 2. The van der Waals surface area contributed by atoms with E-state index in [1.54, 1.807) is 41.5 Å². The summed E-state index contributed by atoms with van der Waals surface area (Å²) < 4.78 is 23.5. The molecule has 1 aromatic carbocycles. The van der Waals surface area contributed by atoms with Crippen LogP contribution in [0.4, 0.5) is 14.9 Å². The molecule has 160 valence electrons. The molecule has 0 spiro atoms. The number of hydrogen-bond donors (Lipinski definition) is 2. The van der Waals surface area contributed by atoms with Crippen molar-refractivity contribution in [1.82, 2.24) is 5.32 Å². The van der Waals surface area contributed by atoms with Crippen molar-refractivity contribution < 1.29 is 28.2 Å². The highest BCUT2D eigenvalue weighted by molar-refractivity contribution is 6.03. The van der Waals surface area contributed by atoms with E-state index in [0.717, 1.165) is 0 Å². The van der Waals surface area contributed by atoms with E-state index >= 15 is 0 Å². The molecular weight excluding hydrogens is 379 g/mol. The first kappa shape index (κ1) is 24.1. The molecule has 0 saturated heterocycles. The third-order valence-electron chi connectivity index (χ3n) is 3.26. The lowest BCUT2D eigenvalue weighted by Gasteiger charge is -2.26. The number of anilines is 1. The summed E-state index contributed by atoms with van der Waals surface area (Å²) in [6.45, 7) is 13.8. The van der Waals surface area contributed by atoms with Crippen LogP contribution in [0.2, 0.25) is 0 Å². The van der Waals surface area contributed by atoms with Crippen LogP contribution in [0, 0.1) is 5.82 Å². The van der Waals surface area contributed by atoms with E-state index in [9.17, 15) is 18.8 Å². The maximum atomic E-state index is 13.0. The fourth-order valence-electron chi connectivity index (χ4n) is 2.11. The molecule has 0 fully saturated rings. The molecule has 0 saturated carbocycles. The van der Waals surface area contributed by atoms with Gasteiger partial charge in [0.2, 0.25) is 0 Å². The minimum Gasteiger partial charge on any atom is -0.458 e. The molecule has 0 bridgehead atoms. The van der Waals surface area contributed by atoms with Crippen LogP contribution in [0.1, 0.15) is 48.0 Å². The van der Waals surface area contributed by atoms with E-state index in [1.807, 2.05) is 0 Å². The summed E-state index contributed by atoms with van der Waals surface area (Å²) in [7, 11) is 0. The largest absolute Gasteiger partial charge is 0.458 e. The Morgan fingerprint density at radius 1 is 1.00 bits per heavy atom. The van der Waals surface area contributed by atoms with Crippen molar-refractivity contribution in [3.8, 4) is 0 Å². The lowest BCUT2D eigenvalue weighted by atomic mass is 10.1. The molecular formula is C21H29FN2O5. The monoisotopic (exact) mass is 408 g/mol. The average molecular weight is 408 g/mol. The first-order chi connectivity index (χ1) is 13.2. The van der Waals surface area contributed by atoms with Crippen molar-refractivity contribution in [3.05, 3.63) is 42.2 Å². The van der Waals surface area contributed by atoms with Crippen LogP contribution in [-0.4, -0.2) is 35.2 Å². The zero-order valence-electron chi connectivity index (χ0n) is 17.7. The Morgan fingerprint density at radius 2 is 1.52 bits per heavy atom. The van der Waals surface area contributed by atoms with Crippen molar-refractivity contribution in [3.63, 3.8) is 0 Å². The highest BCUT2D eigenvalue weighted by Gasteiger charge is 2.30. The normalized spacial score (nSPS) is 12.5. The Kier molecular flexibility index (Phi) is 7.94. The summed E-state index contributed by atoms with van der Waals surface area (Å²) in [6, 6.07) is 4.02. The number of ether oxygens (including phenoxy) is 2. The minimum atomic E-state index is -1.17. The van der Waals surface area contributed by atoms with Crippen molar-refractivity contribution in [2.75, 3.05) is 5.32 Å². The molecule has 29 heavy (non-hydrogen) atoms. The molecule has 0 aliphatic heterocycles. The van der Waals surface area contributed by atoms with Gasteiger partial charge in [-0.1, -0.05) is 6.58 Å². The van der Waals surface area contributed by atoms with Crippen LogP contribution >= 0.6 is 0 Å². The van der Waals surface area contributed by atoms with Gasteiger partial charge in [0.25, 0.3) is 5.91 Å². The van der Waals surface area contributed by atoms with Crippen LogP contribution in [0.25, 0.3) is 0 Å². The van der Waals surface area contributed by atoms with E-state index in [0.29, 0.717) is 5.69 Å². The number of benzene rings is 1. The van der Waals surface area contributed by atoms with Crippen molar-refractivity contribution in [2.24, 2.45) is 0 Å². The van der Waals surface area contributed by atoms with Gasteiger partial charge < -0.3 is 20.1 Å². The van der Waals surface area contributed by atoms with E-state index < -0.39 is 41.0 Å². The van der Waals surface area contributed by atoms with E-state index in [1.165, 1.54) is 24.3 Å². The molecule has 8 heteroatoms. The van der Waals surface area contributed by atoms with Gasteiger partial charge in [0.15, 0.2) is 0 Å². The molecule has 0 aliphatic carbocycles. The molecule has 1 aromatic rings. The van der Waals surface area contributed by atoms with Gasteiger partial charge in [-0.05, 0) is 65.8 Å². The van der Waals surface area contributed by atoms with E-state index in [-0.39, 0.29) is 12.0 Å². The number of alkyl carbamates (subject to hydrolysis) is 1. The predicted octanol–water partition coefficient (Wildman–Crippen LogP) is 3.95. The molecule has 1 atom stereocenters. The summed E-state index contributed by atoms with van der Waals surface area (Å²) in [5.41, 5.74) is -1.16. The quantitative estimate of drug-likeness (QED) is 0.549. The number of carbonyl (C=O) groups is 3. The maximum absolute atomic E-state index is 13.0. The topological polar surface area (TPSA) is 93.7 Å². The molecule has 0 radical (unpaired) electrons. The van der Waals surface area contributed by atoms with Gasteiger partial charge in [0, 0.05) is 17.7 Å². The van der Waals surface area contributed by atoms with Crippen molar-refractivity contribution in [1.29, 1.82) is 0 Å². The molecule has 0 unspecified atom stereocenters. The van der Waals surface area contributed by atoms with Crippen LogP contribution in [0.3, 0.4) is 0 Å². The number of halogens is 1. The summed E-state index contributed by atoms with van der Waals surface area (Å²) in [5, 5.41) is 4.98. The van der Waals surface area contributed by atoms with Gasteiger partial charge in [0.1, 0.15) is 23.1 Å². The second-order valence-electron chi connectivity index (χ2n) is 8.50. The van der Waals surface area contributed by atoms with Crippen LogP contribution in [0.5, 0.6) is 0 Å². The molecule has 2 N–H and O–H groups in total. The van der Waals surface area contributed by atoms with Crippen molar-refractivity contribution >= 4 is 23.7 Å². The summed E-state index contributed by atoms with van der Waals surface area (Å²) in [5.74, 6) is -1.73. The zero-order chi connectivity index (χ0) is 22.4. The van der Waals surface area contributed by atoms with Gasteiger partial charge in [0.05, 0.1) is 0 Å². The third-order valence-corrected chi connectivity index (χ3v) is 3.26. The molecule has 2 amide bonds. The fraction of sp³-hybridized carbons (Fsp3) is 0.476. The molecule has 0 aromatic heterocycles. The molecule has 1 rings (SSSR count). The van der Waals surface area contributed by atoms with Gasteiger partial charge in [-0.15, -0.1) is 0 Å². The van der Waals surface area contributed by atoms with Crippen molar-refractivity contribution in [2.45, 2.75) is 65.2 Å². The molecule has 7 nitrogen and oxygen atoms in total. The van der Waals surface area contributed by atoms with Crippen LogP contribution in [0.15, 0.2) is 36.4 Å². The highest BCUT2D eigenvalue weighted by Crippen LogP contribution is 2.16. The Balaban J connectivity index is 2.86. The summed E-state index contributed by atoms with van der Waals surface area (Å²) in [4.78, 5) is 37.0. The lowest BCUT2D eigenvalue weighted by Crippen LogP contribution is -2.46. The highest BCUT2D eigenvalue weighted by atomic mass is 19.1. The first-order valence-corrected chi connectivity index (χ1v) is 9.13. The third kappa shape index (κ3) is 9.73. The van der Waals surface area contributed by atoms with Crippen LogP contribution in [-0.2, 0) is 19.1 Å². The maximum Gasteiger partial charge on any atom is 0.408 e.